The fraction of sp³-hybridized carbons (Fsp3) is 0.455. The molecule has 0 atom stereocenters. The zero-order valence-corrected chi connectivity index (χ0v) is 8.88. The van der Waals surface area contributed by atoms with Gasteiger partial charge in [0.15, 0.2) is 0 Å². The standard InChI is InChI=1S/C11H14ClNO/c1-7-4-8(12)2-3-10(7)11(13)5-9(14)6-11/h2-4,9,14H,5-6,13H2,1H3. The number of hydrogen-bond donors (Lipinski definition) is 2. The van der Waals surface area contributed by atoms with Crippen LogP contribution in [0.4, 0.5) is 0 Å². The molecule has 0 spiro atoms. The Bertz CT molecular complexity index is 358. The van der Waals surface area contributed by atoms with Crippen molar-refractivity contribution >= 4 is 11.6 Å². The third-order valence-electron chi connectivity index (χ3n) is 2.92. The number of aliphatic hydroxyl groups excluding tert-OH is 1. The molecule has 1 saturated carbocycles. The molecule has 0 saturated heterocycles. The molecule has 1 fully saturated rings. The Balaban J connectivity index is 2.33. The summed E-state index contributed by atoms with van der Waals surface area (Å²) in [5.41, 5.74) is 8.03. The number of rotatable bonds is 1. The van der Waals surface area contributed by atoms with Crippen molar-refractivity contribution in [1.82, 2.24) is 0 Å². The average Bonchev–Trinajstić information content (AvgIpc) is 2.00. The molecule has 0 amide bonds. The van der Waals surface area contributed by atoms with Crippen molar-refractivity contribution in [3.05, 3.63) is 34.3 Å². The van der Waals surface area contributed by atoms with Gasteiger partial charge in [-0.3, -0.25) is 0 Å². The van der Waals surface area contributed by atoms with E-state index in [1.807, 2.05) is 25.1 Å². The summed E-state index contributed by atoms with van der Waals surface area (Å²) in [5, 5.41) is 10.0. The highest BCUT2D eigenvalue weighted by Crippen LogP contribution is 2.40. The lowest BCUT2D eigenvalue weighted by Gasteiger charge is -2.43. The van der Waals surface area contributed by atoms with Crippen molar-refractivity contribution in [2.45, 2.75) is 31.4 Å². The third kappa shape index (κ3) is 1.54. The highest BCUT2D eigenvalue weighted by atomic mass is 35.5. The summed E-state index contributed by atoms with van der Waals surface area (Å²) in [4.78, 5) is 0. The molecule has 1 aliphatic carbocycles. The van der Waals surface area contributed by atoms with Crippen LogP contribution >= 0.6 is 11.6 Å². The van der Waals surface area contributed by atoms with E-state index in [1.54, 1.807) is 0 Å². The van der Waals surface area contributed by atoms with E-state index in [4.69, 9.17) is 17.3 Å². The summed E-state index contributed by atoms with van der Waals surface area (Å²) in [6.07, 6.45) is 1.06. The van der Waals surface area contributed by atoms with E-state index in [0.29, 0.717) is 12.8 Å². The first-order valence-electron chi connectivity index (χ1n) is 4.75. The molecule has 76 valence electrons. The molecule has 0 bridgehead atoms. The summed E-state index contributed by atoms with van der Waals surface area (Å²) in [7, 11) is 0. The van der Waals surface area contributed by atoms with Crippen molar-refractivity contribution in [2.75, 3.05) is 0 Å². The Labute approximate surface area is 88.7 Å². The lowest BCUT2D eigenvalue weighted by atomic mass is 9.69. The Morgan fingerprint density at radius 2 is 2.14 bits per heavy atom. The SMILES string of the molecule is Cc1cc(Cl)ccc1C1(N)CC(O)C1. The molecule has 3 N–H and O–H groups in total. The van der Waals surface area contributed by atoms with Gasteiger partial charge in [-0.2, -0.15) is 0 Å². The Kier molecular flexibility index (Phi) is 2.30. The van der Waals surface area contributed by atoms with Gasteiger partial charge in [0.2, 0.25) is 0 Å². The van der Waals surface area contributed by atoms with Gasteiger partial charge in [0.05, 0.1) is 6.10 Å². The smallest absolute Gasteiger partial charge is 0.0582 e. The second kappa shape index (κ2) is 3.23. The van der Waals surface area contributed by atoms with Gasteiger partial charge >= 0.3 is 0 Å². The third-order valence-corrected chi connectivity index (χ3v) is 3.16. The van der Waals surface area contributed by atoms with Gasteiger partial charge in [-0.05, 0) is 43.0 Å². The molecular weight excluding hydrogens is 198 g/mol. The largest absolute Gasteiger partial charge is 0.393 e. The van der Waals surface area contributed by atoms with Crippen molar-refractivity contribution in [1.29, 1.82) is 0 Å². The molecule has 3 heteroatoms. The van der Waals surface area contributed by atoms with Gasteiger partial charge in [0.1, 0.15) is 0 Å². The van der Waals surface area contributed by atoms with Crippen molar-refractivity contribution < 1.29 is 5.11 Å². The molecule has 2 rings (SSSR count). The normalized spacial score (nSPS) is 31.3. The summed E-state index contributed by atoms with van der Waals surface area (Å²) in [6, 6.07) is 5.73. The summed E-state index contributed by atoms with van der Waals surface area (Å²) in [6.45, 7) is 2.00. The van der Waals surface area contributed by atoms with Crippen LogP contribution in [0.3, 0.4) is 0 Å². The highest BCUT2D eigenvalue weighted by molar-refractivity contribution is 6.30. The molecular formula is C11H14ClNO. The van der Waals surface area contributed by atoms with Crippen molar-refractivity contribution in [3.63, 3.8) is 0 Å². The van der Waals surface area contributed by atoms with Gasteiger partial charge < -0.3 is 10.8 Å². The van der Waals surface area contributed by atoms with Crippen LogP contribution in [-0.2, 0) is 5.54 Å². The molecule has 0 aliphatic heterocycles. The predicted octanol–water partition coefficient (Wildman–Crippen LogP) is 1.96. The van der Waals surface area contributed by atoms with E-state index in [9.17, 15) is 5.11 Å². The van der Waals surface area contributed by atoms with Gasteiger partial charge in [-0.15, -0.1) is 0 Å². The van der Waals surface area contributed by atoms with E-state index in [0.717, 1.165) is 16.1 Å². The van der Waals surface area contributed by atoms with E-state index in [1.165, 1.54) is 0 Å². The molecule has 14 heavy (non-hydrogen) atoms. The van der Waals surface area contributed by atoms with E-state index < -0.39 is 0 Å². The number of nitrogens with two attached hydrogens (primary N) is 1. The zero-order chi connectivity index (χ0) is 10.3. The number of hydrogen-bond acceptors (Lipinski definition) is 2. The van der Waals surface area contributed by atoms with E-state index in [-0.39, 0.29) is 11.6 Å². The predicted molar refractivity (Wildman–Crippen MR) is 57.3 cm³/mol. The minimum absolute atomic E-state index is 0.241. The second-order valence-electron chi connectivity index (χ2n) is 4.18. The first-order chi connectivity index (χ1) is 6.51. The first kappa shape index (κ1) is 9.97. The monoisotopic (exact) mass is 211 g/mol. The second-order valence-corrected chi connectivity index (χ2v) is 4.61. The quantitative estimate of drug-likeness (QED) is 0.746. The lowest BCUT2D eigenvalue weighted by molar-refractivity contribution is 0.0207. The Morgan fingerprint density at radius 1 is 1.50 bits per heavy atom. The number of aryl methyl sites for hydroxylation is 1. The zero-order valence-electron chi connectivity index (χ0n) is 8.13. The molecule has 2 nitrogen and oxygen atoms in total. The lowest BCUT2D eigenvalue weighted by Crippen LogP contribution is -2.52. The van der Waals surface area contributed by atoms with Crippen molar-refractivity contribution in [3.8, 4) is 0 Å². The van der Waals surface area contributed by atoms with Gasteiger partial charge in [-0.1, -0.05) is 17.7 Å². The van der Waals surface area contributed by atoms with Crippen LogP contribution in [0, 0.1) is 6.92 Å². The Hall–Kier alpha value is -0.570. The molecule has 1 aliphatic rings. The first-order valence-corrected chi connectivity index (χ1v) is 5.13. The minimum atomic E-state index is -0.339. The number of halogens is 1. The number of benzene rings is 1. The fourth-order valence-electron chi connectivity index (χ4n) is 2.19. The molecule has 0 radical (unpaired) electrons. The highest BCUT2D eigenvalue weighted by Gasteiger charge is 2.42. The maximum atomic E-state index is 9.28. The van der Waals surface area contributed by atoms with Crippen LogP contribution in [0.5, 0.6) is 0 Å². The summed E-state index contributed by atoms with van der Waals surface area (Å²) in [5.74, 6) is 0. The summed E-state index contributed by atoms with van der Waals surface area (Å²) < 4.78 is 0. The van der Waals surface area contributed by atoms with E-state index >= 15 is 0 Å². The van der Waals surface area contributed by atoms with Crippen LogP contribution in [-0.4, -0.2) is 11.2 Å². The maximum Gasteiger partial charge on any atom is 0.0582 e. The van der Waals surface area contributed by atoms with Crippen LogP contribution in [0.1, 0.15) is 24.0 Å². The maximum absolute atomic E-state index is 9.28. The Morgan fingerprint density at radius 3 is 2.64 bits per heavy atom. The molecule has 1 aromatic rings. The van der Waals surface area contributed by atoms with Crippen LogP contribution in [0.2, 0.25) is 5.02 Å². The topological polar surface area (TPSA) is 46.2 Å². The number of aliphatic hydroxyl groups is 1. The van der Waals surface area contributed by atoms with Crippen molar-refractivity contribution in [2.24, 2.45) is 5.73 Å². The van der Waals surface area contributed by atoms with Crippen LogP contribution in [0.25, 0.3) is 0 Å². The van der Waals surface area contributed by atoms with Gasteiger partial charge in [0.25, 0.3) is 0 Å². The average molecular weight is 212 g/mol. The molecule has 0 unspecified atom stereocenters. The molecule has 0 aromatic heterocycles. The minimum Gasteiger partial charge on any atom is -0.393 e. The van der Waals surface area contributed by atoms with E-state index in [2.05, 4.69) is 0 Å². The van der Waals surface area contributed by atoms with Gasteiger partial charge in [0, 0.05) is 10.6 Å². The van der Waals surface area contributed by atoms with Crippen LogP contribution < -0.4 is 5.73 Å². The van der Waals surface area contributed by atoms with Crippen LogP contribution in [0.15, 0.2) is 18.2 Å². The van der Waals surface area contributed by atoms with Gasteiger partial charge in [-0.25, -0.2) is 0 Å². The fourth-order valence-corrected chi connectivity index (χ4v) is 2.41. The summed E-state index contributed by atoms with van der Waals surface area (Å²) >= 11 is 5.87. The molecule has 1 aromatic carbocycles. The molecule has 0 heterocycles.